The molecule has 2 rings (SSSR count). The van der Waals surface area contributed by atoms with Crippen LogP contribution in [0.4, 0.5) is 9.38 Å². The number of rotatable bonds is 7. The Morgan fingerprint density at radius 1 is 0.778 bits per heavy atom. The van der Waals surface area contributed by atoms with Gasteiger partial charge in [0.05, 0.1) is 0 Å². The van der Waals surface area contributed by atoms with Crippen LogP contribution < -0.4 is 11.5 Å². The summed E-state index contributed by atoms with van der Waals surface area (Å²) in [5.41, 5.74) is 11.2. The van der Waals surface area contributed by atoms with Crippen LogP contribution in [0, 0.1) is 0 Å². The van der Waals surface area contributed by atoms with Crippen LogP contribution in [0.1, 0.15) is 9.14 Å². The van der Waals surface area contributed by atoms with E-state index < -0.39 is 0 Å². The average Bonchev–Trinajstić information content (AvgIpc) is 2.93. The Hall–Kier alpha value is 0.358. The van der Waals surface area contributed by atoms with Gasteiger partial charge in [0, 0.05) is 0 Å². The van der Waals surface area contributed by atoms with Gasteiger partial charge in [-0.05, 0) is 0 Å². The normalized spacial score (nSPS) is 10.9. The van der Waals surface area contributed by atoms with Crippen molar-refractivity contribution in [3.05, 3.63) is 9.14 Å². The molecule has 0 fully saturated rings. The molecule has 0 aliphatic rings. The van der Waals surface area contributed by atoms with Crippen LogP contribution in [0.3, 0.4) is 0 Å². The third-order valence-corrected chi connectivity index (χ3v) is 12.6. The van der Waals surface area contributed by atoms with E-state index in [1.165, 1.54) is 19.8 Å². The summed E-state index contributed by atoms with van der Waals surface area (Å²) in [4.78, 5) is 0. The minimum absolute atomic E-state index is 0.235. The zero-order valence-electron chi connectivity index (χ0n) is 9.40. The van der Waals surface area contributed by atoms with Crippen molar-refractivity contribution in [1.29, 1.82) is 0 Å². The molecule has 0 amide bonds. The molecule has 0 saturated heterocycles. The first kappa shape index (κ1) is 14.8. The zero-order chi connectivity index (χ0) is 12.8. The Morgan fingerprint density at radius 2 is 1.22 bits per heavy atom. The Balaban J connectivity index is 1.54. The van der Waals surface area contributed by atoms with Crippen LogP contribution in [-0.4, -0.2) is 75.7 Å². The number of hydrogen-bond donors (Lipinski definition) is 2. The van der Waals surface area contributed by atoms with Gasteiger partial charge in [0.1, 0.15) is 0 Å². The van der Waals surface area contributed by atoms with Gasteiger partial charge in [-0.25, -0.2) is 0 Å². The zero-order valence-corrected chi connectivity index (χ0v) is 16.3. The second-order valence-electron chi connectivity index (χ2n) is 3.21. The topological polar surface area (TPSA) is 104 Å². The summed E-state index contributed by atoms with van der Waals surface area (Å²) in [6, 6.07) is 0. The molecule has 2 aromatic rings. The minimum atomic E-state index is 0.235. The van der Waals surface area contributed by atoms with E-state index in [9.17, 15) is 0 Å². The van der Waals surface area contributed by atoms with Gasteiger partial charge in [0.15, 0.2) is 0 Å². The molecule has 0 aromatic carbocycles. The van der Waals surface area contributed by atoms with Crippen LogP contribution in [0.2, 0.25) is 10.6 Å². The van der Waals surface area contributed by atoms with E-state index in [-0.39, 0.29) is 29.0 Å². The van der Waals surface area contributed by atoms with Crippen LogP contribution >= 0.6 is 0 Å². The molecule has 0 spiro atoms. The SMILES string of the molecule is Nc1nnc(CC[Se][Se]CCc2nnc(N)[se]2)[se]1. The summed E-state index contributed by atoms with van der Waals surface area (Å²) in [7, 11) is 0. The summed E-state index contributed by atoms with van der Waals surface area (Å²) in [6.07, 6.45) is 2.18. The van der Waals surface area contributed by atoms with Crippen molar-refractivity contribution < 1.29 is 0 Å². The second-order valence-corrected chi connectivity index (χ2v) is 15.6. The fourth-order valence-corrected chi connectivity index (χ4v) is 11.0. The predicted octanol–water partition coefficient (Wildman–Crippen LogP) is -1.51. The summed E-state index contributed by atoms with van der Waals surface area (Å²) in [5.74, 6) is 0. The summed E-state index contributed by atoms with van der Waals surface area (Å²) >= 11 is 1.97. The van der Waals surface area contributed by atoms with Gasteiger partial charge in [0.2, 0.25) is 0 Å². The Morgan fingerprint density at radius 3 is 1.56 bits per heavy atom. The van der Waals surface area contributed by atoms with Crippen molar-refractivity contribution in [3.63, 3.8) is 0 Å². The van der Waals surface area contributed by atoms with E-state index in [1.807, 2.05) is 0 Å². The van der Waals surface area contributed by atoms with E-state index in [1.54, 1.807) is 0 Å². The summed E-state index contributed by atoms with van der Waals surface area (Å²) < 4.78 is 3.86. The van der Waals surface area contributed by atoms with Gasteiger partial charge >= 0.3 is 129 Å². The number of nitrogens with zero attached hydrogens (tertiary/aromatic N) is 4. The molecule has 2 aromatic heterocycles. The van der Waals surface area contributed by atoms with E-state index in [0.29, 0.717) is 0 Å². The van der Waals surface area contributed by atoms with E-state index in [4.69, 9.17) is 11.5 Å². The van der Waals surface area contributed by atoms with Gasteiger partial charge in [-0.2, -0.15) is 0 Å². The first-order chi connectivity index (χ1) is 8.74. The average molecular weight is 508 g/mol. The van der Waals surface area contributed by atoms with Crippen molar-refractivity contribution >= 4 is 64.7 Å². The molecule has 10 heteroatoms. The second kappa shape index (κ2) is 7.83. The van der Waals surface area contributed by atoms with Gasteiger partial charge in [-0.3, -0.25) is 0 Å². The van der Waals surface area contributed by atoms with Crippen LogP contribution in [0.25, 0.3) is 0 Å². The maximum absolute atomic E-state index is 5.60. The van der Waals surface area contributed by atoms with Crippen molar-refractivity contribution in [2.24, 2.45) is 0 Å². The van der Waals surface area contributed by atoms with Crippen LogP contribution in [0.15, 0.2) is 0 Å². The summed E-state index contributed by atoms with van der Waals surface area (Å²) in [6.45, 7) is 0. The Labute approximate surface area is 128 Å². The molecule has 0 bridgehead atoms. The first-order valence-corrected chi connectivity index (χ1v) is 15.3. The molecule has 0 aliphatic heterocycles. The Kier molecular flexibility index (Phi) is 6.42. The predicted molar refractivity (Wildman–Crippen MR) is 75.3 cm³/mol. The molecule has 4 N–H and O–H groups in total. The molecule has 2 heterocycles. The van der Waals surface area contributed by atoms with Crippen molar-refractivity contribution in [3.8, 4) is 0 Å². The molecule has 98 valence electrons. The number of nitrogen functional groups attached to an aromatic ring is 2. The number of aryl methyl sites for hydroxylation is 2. The van der Waals surface area contributed by atoms with Crippen molar-refractivity contribution in [2.75, 3.05) is 11.5 Å². The molecule has 6 nitrogen and oxygen atoms in total. The van der Waals surface area contributed by atoms with Gasteiger partial charge < -0.3 is 0 Å². The van der Waals surface area contributed by atoms with E-state index in [2.05, 4.69) is 20.4 Å². The molecular formula is C8H12N6Se4. The molecular weight excluding hydrogens is 496 g/mol. The van der Waals surface area contributed by atoms with Crippen molar-refractivity contribution in [2.45, 2.75) is 23.5 Å². The molecule has 18 heavy (non-hydrogen) atoms. The molecule has 0 atom stereocenters. The van der Waals surface area contributed by atoms with E-state index in [0.717, 1.165) is 48.5 Å². The summed E-state index contributed by atoms with van der Waals surface area (Å²) in [5, 5.41) is 18.5. The third-order valence-electron chi connectivity index (χ3n) is 1.85. The monoisotopic (exact) mass is 512 g/mol. The van der Waals surface area contributed by atoms with Crippen LogP contribution in [0.5, 0.6) is 0 Å². The molecule has 0 unspecified atom stereocenters. The number of nitrogens with two attached hydrogens (primary N) is 2. The fourth-order valence-electron chi connectivity index (χ4n) is 1.11. The van der Waals surface area contributed by atoms with Gasteiger partial charge in [0.25, 0.3) is 0 Å². The molecule has 0 radical (unpaired) electrons. The Bertz CT molecular complexity index is 439. The van der Waals surface area contributed by atoms with Crippen LogP contribution in [-0.2, 0) is 12.8 Å². The maximum atomic E-state index is 5.60. The van der Waals surface area contributed by atoms with Gasteiger partial charge in [-0.15, -0.1) is 0 Å². The van der Waals surface area contributed by atoms with E-state index >= 15 is 0 Å². The number of anilines is 2. The number of aromatic nitrogens is 4. The molecule has 0 aliphatic carbocycles. The first-order valence-electron chi connectivity index (χ1n) is 5.14. The standard InChI is InChI=1S/C8H12N6Se4/c9-7-13-11-5(17-7)1-3-15-16-4-2-6-12-14-8(10)18-6/h1-4H2,(H2,9,13)(H2,10,14). The third kappa shape index (κ3) is 5.15. The quantitative estimate of drug-likeness (QED) is 0.349. The van der Waals surface area contributed by atoms with Gasteiger partial charge in [-0.1, -0.05) is 0 Å². The fraction of sp³-hybridized carbons (Fsp3) is 0.500. The number of hydrogen-bond acceptors (Lipinski definition) is 6. The molecule has 0 saturated carbocycles. The van der Waals surface area contributed by atoms with Crippen molar-refractivity contribution in [1.82, 2.24) is 20.4 Å².